The van der Waals surface area contributed by atoms with Crippen LogP contribution in [0, 0.1) is 0 Å². The first-order chi connectivity index (χ1) is 11.7. The zero-order valence-electron chi connectivity index (χ0n) is 14.1. The molecule has 1 aliphatic heterocycles. The summed E-state index contributed by atoms with van der Waals surface area (Å²) >= 11 is 3.55. The number of ether oxygens (including phenoxy) is 2. The van der Waals surface area contributed by atoms with Crippen LogP contribution >= 0.6 is 15.9 Å². The molecule has 0 unspecified atom stereocenters. The van der Waals surface area contributed by atoms with Crippen LogP contribution in [0.25, 0.3) is 0 Å². The summed E-state index contributed by atoms with van der Waals surface area (Å²) in [5, 5.41) is 3.66. The third-order valence-electron chi connectivity index (χ3n) is 4.84. The maximum atomic E-state index is 5.60. The second kappa shape index (κ2) is 8.15. The van der Waals surface area contributed by atoms with Gasteiger partial charge in [0.25, 0.3) is 0 Å². The van der Waals surface area contributed by atoms with Crippen LogP contribution < -0.4 is 10.1 Å². The van der Waals surface area contributed by atoms with Gasteiger partial charge < -0.3 is 14.8 Å². The summed E-state index contributed by atoms with van der Waals surface area (Å²) < 4.78 is 11.9. The van der Waals surface area contributed by atoms with E-state index in [0.717, 1.165) is 49.4 Å². The quantitative estimate of drug-likeness (QED) is 0.798. The number of hydrogen-bond donors (Lipinski definition) is 1. The fourth-order valence-corrected chi connectivity index (χ4v) is 3.98. The Morgan fingerprint density at radius 3 is 2.54 bits per heavy atom. The van der Waals surface area contributed by atoms with Gasteiger partial charge in [-0.05, 0) is 52.0 Å². The Bertz CT molecular complexity index is 654. The van der Waals surface area contributed by atoms with Gasteiger partial charge in [-0.3, -0.25) is 0 Å². The van der Waals surface area contributed by atoms with Gasteiger partial charge in [-0.1, -0.05) is 36.4 Å². The van der Waals surface area contributed by atoms with Crippen molar-refractivity contribution in [2.45, 2.75) is 24.8 Å². The third-order valence-corrected chi connectivity index (χ3v) is 5.46. The number of benzene rings is 2. The van der Waals surface area contributed by atoms with E-state index in [1.54, 1.807) is 7.11 Å². The highest BCUT2D eigenvalue weighted by Gasteiger charge is 2.33. The molecule has 128 valence electrons. The number of hydrogen-bond acceptors (Lipinski definition) is 3. The molecule has 0 radical (unpaired) electrons. The van der Waals surface area contributed by atoms with Crippen molar-refractivity contribution in [3.05, 3.63) is 64.1 Å². The average Bonchev–Trinajstić information content (AvgIpc) is 2.63. The highest BCUT2D eigenvalue weighted by Crippen LogP contribution is 2.34. The molecule has 0 saturated carbocycles. The van der Waals surface area contributed by atoms with Crippen LogP contribution in [-0.4, -0.2) is 26.9 Å². The SMILES string of the molecule is COc1ccc(CNCC2(c3ccccc3)CCOCC2)cc1Br. The first kappa shape index (κ1) is 17.5. The maximum absolute atomic E-state index is 5.60. The van der Waals surface area contributed by atoms with E-state index < -0.39 is 0 Å². The fraction of sp³-hybridized carbons (Fsp3) is 0.400. The first-order valence-electron chi connectivity index (χ1n) is 8.40. The largest absolute Gasteiger partial charge is 0.496 e. The van der Waals surface area contributed by atoms with E-state index in [1.807, 2.05) is 6.07 Å². The molecule has 3 nitrogen and oxygen atoms in total. The van der Waals surface area contributed by atoms with Gasteiger partial charge >= 0.3 is 0 Å². The first-order valence-corrected chi connectivity index (χ1v) is 9.19. The summed E-state index contributed by atoms with van der Waals surface area (Å²) in [7, 11) is 1.69. The van der Waals surface area contributed by atoms with Crippen molar-refractivity contribution in [2.24, 2.45) is 0 Å². The van der Waals surface area contributed by atoms with Gasteiger partial charge in [0, 0.05) is 31.7 Å². The summed E-state index contributed by atoms with van der Waals surface area (Å²) in [6.07, 6.45) is 2.13. The molecule has 1 aliphatic rings. The van der Waals surface area contributed by atoms with Crippen LogP contribution in [0.1, 0.15) is 24.0 Å². The van der Waals surface area contributed by atoms with Crippen molar-refractivity contribution >= 4 is 15.9 Å². The van der Waals surface area contributed by atoms with E-state index in [2.05, 4.69) is 63.7 Å². The minimum atomic E-state index is 0.170. The van der Waals surface area contributed by atoms with E-state index >= 15 is 0 Å². The average molecular weight is 390 g/mol. The minimum absolute atomic E-state index is 0.170. The van der Waals surface area contributed by atoms with Gasteiger partial charge in [0.15, 0.2) is 0 Å². The van der Waals surface area contributed by atoms with E-state index in [-0.39, 0.29) is 5.41 Å². The van der Waals surface area contributed by atoms with Crippen LogP contribution in [0.3, 0.4) is 0 Å². The lowest BCUT2D eigenvalue weighted by Gasteiger charge is -2.38. The molecule has 0 bridgehead atoms. The topological polar surface area (TPSA) is 30.5 Å². The molecule has 1 saturated heterocycles. The van der Waals surface area contributed by atoms with E-state index in [1.165, 1.54) is 11.1 Å². The molecular formula is C20H24BrNO2. The Kier molecular flexibility index (Phi) is 5.93. The number of rotatable bonds is 6. The van der Waals surface area contributed by atoms with Gasteiger partial charge in [0.05, 0.1) is 11.6 Å². The van der Waals surface area contributed by atoms with Crippen LogP contribution in [0.5, 0.6) is 5.75 Å². The molecule has 1 fully saturated rings. The number of halogens is 1. The summed E-state index contributed by atoms with van der Waals surface area (Å²) in [6, 6.07) is 17.1. The second-order valence-corrected chi connectivity index (χ2v) is 7.19. The lowest BCUT2D eigenvalue weighted by Crippen LogP contribution is -2.42. The van der Waals surface area contributed by atoms with Crippen LogP contribution in [0.2, 0.25) is 0 Å². The molecule has 0 aromatic heterocycles. The standard InChI is InChI=1S/C20H24BrNO2/c1-23-19-8-7-16(13-18(19)21)14-22-15-20(9-11-24-12-10-20)17-5-3-2-4-6-17/h2-8,13,22H,9-12,14-15H2,1H3. The predicted molar refractivity (Wildman–Crippen MR) is 101 cm³/mol. The van der Waals surface area contributed by atoms with Crippen molar-refractivity contribution in [3.63, 3.8) is 0 Å². The maximum Gasteiger partial charge on any atom is 0.133 e. The lowest BCUT2D eigenvalue weighted by molar-refractivity contribution is 0.0498. The Balaban J connectivity index is 1.67. The molecule has 1 N–H and O–H groups in total. The van der Waals surface area contributed by atoms with E-state index in [4.69, 9.17) is 9.47 Å². The summed E-state index contributed by atoms with van der Waals surface area (Å²) in [4.78, 5) is 0. The Morgan fingerprint density at radius 2 is 1.88 bits per heavy atom. The molecule has 1 heterocycles. The fourth-order valence-electron chi connectivity index (χ4n) is 3.39. The molecule has 2 aromatic rings. The van der Waals surface area contributed by atoms with Gasteiger partial charge in [-0.15, -0.1) is 0 Å². The second-order valence-electron chi connectivity index (χ2n) is 6.33. The number of methoxy groups -OCH3 is 1. The highest BCUT2D eigenvalue weighted by molar-refractivity contribution is 9.10. The minimum Gasteiger partial charge on any atom is -0.496 e. The Morgan fingerprint density at radius 1 is 1.12 bits per heavy atom. The molecule has 3 rings (SSSR count). The number of nitrogens with one attached hydrogen (secondary N) is 1. The summed E-state index contributed by atoms with van der Waals surface area (Å²) in [6.45, 7) is 3.48. The van der Waals surface area contributed by atoms with Crippen molar-refractivity contribution in [1.29, 1.82) is 0 Å². The van der Waals surface area contributed by atoms with Crippen molar-refractivity contribution in [2.75, 3.05) is 26.9 Å². The van der Waals surface area contributed by atoms with Gasteiger partial charge in [0.1, 0.15) is 5.75 Å². The summed E-state index contributed by atoms with van der Waals surface area (Å²) in [5.41, 5.74) is 2.83. The van der Waals surface area contributed by atoms with Crippen molar-refractivity contribution in [3.8, 4) is 5.75 Å². The van der Waals surface area contributed by atoms with Crippen LogP contribution in [0.4, 0.5) is 0 Å². The van der Waals surface area contributed by atoms with Gasteiger partial charge in [-0.2, -0.15) is 0 Å². The smallest absolute Gasteiger partial charge is 0.133 e. The van der Waals surface area contributed by atoms with Crippen molar-refractivity contribution in [1.82, 2.24) is 5.32 Å². The molecular weight excluding hydrogens is 366 g/mol. The lowest BCUT2D eigenvalue weighted by atomic mass is 9.74. The predicted octanol–water partition coefficient (Wildman–Crippen LogP) is 4.30. The molecule has 0 amide bonds. The summed E-state index contributed by atoms with van der Waals surface area (Å²) in [5.74, 6) is 0.865. The van der Waals surface area contributed by atoms with Crippen LogP contribution in [-0.2, 0) is 16.7 Å². The molecule has 0 spiro atoms. The van der Waals surface area contributed by atoms with Gasteiger partial charge in [0.2, 0.25) is 0 Å². The molecule has 4 heteroatoms. The Hall–Kier alpha value is -1.36. The highest BCUT2D eigenvalue weighted by atomic mass is 79.9. The van der Waals surface area contributed by atoms with E-state index in [9.17, 15) is 0 Å². The van der Waals surface area contributed by atoms with E-state index in [0.29, 0.717) is 0 Å². The van der Waals surface area contributed by atoms with Crippen LogP contribution in [0.15, 0.2) is 53.0 Å². The molecule has 2 aromatic carbocycles. The zero-order chi connectivity index (χ0) is 16.8. The van der Waals surface area contributed by atoms with Crippen molar-refractivity contribution < 1.29 is 9.47 Å². The molecule has 0 aliphatic carbocycles. The van der Waals surface area contributed by atoms with Gasteiger partial charge in [-0.25, -0.2) is 0 Å². The monoisotopic (exact) mass is 389 g/mol. The molecule has 0 atom stereocenters. The third kappa shape index (κ3) is 4.00. The normalized spacial score (nSPS) is 16.8. The molecule has 24 heavy (non-hydrogen) atoms. The zero-order valence-corrected chi connectivity index (χ0v) is 15.6. The Labute approximate surface area is 152 Å².